The lowest BCUT2D eigenvalue weighted by molar-refractivity contribution is 0.102. The zero-order valence-electron chi connectivity index (χ0n) is 17.6. The van der Waals surface area contributed by atoms with Gasteiger partial charge in [-0.3, -0.25) is 9.10 Å². The molecule has 0 aliphatic carbocycles. The molecule has 1 N–H and O–H groups in total. The van der Waals surface area contributed by atoms with Gasteiger partial charge in [-0.2, -0.15) is 0 Å². The fourth-order valence-electron chi connectivity index (χ4n) is 4.54. The van der Waals surface area contributed by atoms with E-state index in [2.05, 4.69) is 22.3 Å². The molecule has 1 amide bonds. The Morgan fingerprint density at radius 2 is 1.67 bits per heavy atom. The maximum atomic E-state index is 12.8. The standard InChI is InChI=1S/C23H29N3O3S/c1-17-15-19-16-18(7-12-22(19)26(17)30(2,28)29)23(27)24-20-8-10-21(11-9-20)25-13-5-3-4-6-14-25/h7-12,16-17H,3-6,13-15H2,1-2H3,(H,24,27)/t17-/m0/s1. The molecule has 1 atom stereocenters. The molecule has 2 aliphatic heterocycles. The molecule has 2 heterocycles. The van der Waals surface area contributed by atoms with Crippen LogP contribution in [0.5, 0.6) is 0 Å². The predicted octanol–water partition coefficient (Wildman–Crippen LogP) is 4.03. The number of sulfonamides is 1. The maximum Gasteiger partial charge on any atom is 0.255 e. The van der Waals surface area contributed by atoms with Gasteiger partial charge in [-0.25, -0.2) is 8.42 Å². The summed E-state index contributed by atoms with van der Waals surface area (Å²) in [5.74, 6) is -0.189. The van der Waals surface area contributed by atoms with Crippen LogP contribution in [0.15, 0.2) is 42.5 Å². The van der Waals surface area contributed by atoms with Crippen LogP contribution in [0.25, 0.3) is 0 Å². The number of carbonyl (C=O) groups excluding carboxylic acids is 1. The van der Waals surface area contributed by atoms with Crippen molar-refractivity contribution < 1.29 is 13.2 Å². The van der Waals surface area contributed by atoms with Gasteiger partial charge in [0.25, 0.3) is 5.91 Å². The van der Waals surface area contributed by atoms with Crippen molar-refractivity contribution in [1.82, 2.24) is 0 Å². The van der Waals surface area contributed by atoms with E-state index in [0.717, 1.165) is 24.3 Å². The number of nitrogens with zero attached hydrogens (tertiary/aromatic N) is 2. The molecule has 0 spiro atoms. The van der Waals surface area contributed by atoms with E-state index in [1.165, 1.54) is 41.9 Å². The van der Waals surface area contributed by atoms with E-state index in [0.29, 0.717) is 17.7 Å². The third kappa shape index (κ3) is 4.31. The van der Waals surface area contributed by atoms with Crippen LogP contribution in [0.1, 0.15) is 48.5 Å². The molecule has 160 valence electrons. The highest BCUT2D eigenvalue weighted by atomic mass is 32.2. The topological polar surface area (TPSA) is 69.7 Å². The van der Waals surface area contributed by atoms with Gasteiger partial charge in [0.05, 0.1) is 11.9 Å². The van der Waals surface area contributed by atoms with Crippen LogP contribution in [-0.2, 0) is 16.4 Å². The van der Waals surface area contributed by atoms with Crippen molar-refractivity contribution in [3.8, 4) is 0 Å². The first-order chi connectivity index (χ1) is 14.3. The lowest BCUT2D eigenvalue weighted by Crippen LogP contribution is -2.34. The highest BCUT2D eigenvalue weighted by molar-refractivity contribution is 7.92. The third-order valence-corrected chi connectivity index (χ3v) is 7.22. The molecule has 2 aromatic rings. The molecule has 0 bridgehead atoms. The molecular weight excluding hydrogens is 398 g/mol. The summed E-state index contributed by atoms with van der Waals surface area (Å²) in [6, 6.07) is 13.1. The van der Waals surface area contributed by atoms with Crippen LogP contribution in [0.2, 0.25) is 0 Å². The summed E-state index contributed by atoms with van der Waals surface area (Å²) < 4.78 is 25.6. The van der Waals surface area contributed by atoms with Gasteiger partial charge in [0, 0.05) is 36.1 Å². The van der Waals surface area contributed by atoms with Crippen LogP contribution < -0.4 is 14.5 Å². The Bertz CT molecular complexity index is 1030. The van der Waals surface area contributed by atoms with Crippen LogP contribution in [0.4, 0.5) is 17.1 Å². The van der Waals surface area contributed by atoms with Gasteiger partial charge in [0.2, 0.25) is 10.0 Å². The average molecular weight is 428 g/mol. The summed E-state index contributed by atoms with van der Waals surface area (Å²) >= 11 is 0. The van der Waals surface area contributed by atoms with Crippen molar-refractivity contribution in [2.75, 3.05) is 33.9 Å². The third-order valence-electron chi connectivity index (χ3n) is 5.95. The molecule has 1 fully saturated rings. The first kappa shape index (κ1) is 20.7. The maximum absolute atomic E-state index is 12.8. The van der Waals surface area contributed by atoms with Crippen molar-refractivity contribution in [1.29, 1.82) is 0 Å². The smallest absolute Gasteiger partial charge is 0.255 e. The second kappa shape index (κ2) is 8.30. The monoisotopic (exact) mass is 427 g/mol. The number of carbonyl (C=O) groups is 1. The van der Waals surface area contributed by atoms with E-state index in [1.54, 1.807) is 18.2 Å². The number of hydrogen-bond acceptors (Lipinski definition) is 4. The quantitative estimate of drug-likeness (QED) is 0.800. The Morgan fingerprint density at radius 3 is 2.30 bits per heavy atom. The van der Waals surface area contributed by atoms with E-state index < -0.39 is 10.0 Å². The fraction of sp³-hybridized carbons (Fsp3) is 0.435. The minimum atomic E-state index is -3.33. The molecule has 2 aliphatic rings. The second-order valence-corrected chi connectivity index (χ2v) is 10.2. The molecule has 4 rings (SSSR count). The van der Waals surface area contributed by atoms with Crippen LogP contribution in [0.3, 0.4) is 0 Å². The zero-order valence-corrected chi connectivity index (χ0v) is 18.4. The molecule has 0 aromatic heterocycles. The number of amides is 1. The summed E-state index contributed by atoms with van der Waals surface area (Å²) in [6.07, 6.45) is 6.87. The second-order valence-electron chi connectivity index (χ2n) is 8.36. The van der Waals surface area contributed by atoms with Crippen molar-refractivity contribution >= 4 is 33.0 Å². The number of benzene rings is 2. The molecular formula is C23H29N3O3S. The number of rotatable bonds is 4. The van der Waals surface area contributed by atoms with Crippen molar-refractivity contribution in [2.24, 2.45) is 0 Å². The Balaban J connectivity index is 1.46. The van der Waals surface area contributed by atoms with Crippen molar-refractivity contribution in [3.63, 3.8) is 0 Å². The van der Waals surface area contributed by atoms with Crippen molar-refractivity contribution in [2.45, 2.75) is 45.1 Å². The lowest BCUT2D eigenvalue weighted by Gasteiger charge is -2.22. The fourth-order valence-corrected chi connectivity index (χ4v) is 5.80. The molecule has 0 radical (unpaired) electrons. The number of nitrogens with one attached hydrogen (secondary N) is 1. The highest BCUT2D eigenvalue weighted by Gasteiger charge is 2.32. The number of fused-ring (bicyclic) bond motifs is 1. The Morgan fingerprint density at radius 1 is 1.00 bits per heavy atom. The van der Waals surface area contributed by atoms with Gasteiger partial charge in [-0.15, -0.1) is 0 Å². The summed E-state index contributed by atoms with van der Waals surface area (Å²) in [4.78, 5) is 15.2. The Hall–Kier alpha value is -2.54. The van der Waals surface area contributed by atoms with Gasteiger partial charge >= 0.3 is 0 Å². The minimum Gasteiger partial charge on any atom is -0.372 e. The molecule has 0 saturated carbocycles. The molecule has 1 saturated heterocycles. The molecule has 2 aromatic carbocycles. The van der Waals surface area contributed by atoms with Crippen LogP contribution >= 0.6 is 0 Å². The SMILES string of the molecule is C[C@H]1Cc2cc(C(=O)Nc3ccc(N4CCCCCC4)cc3)ccc2N1S(C)(=O)=O. The highest BCUT2D eigenvalue weighted by Crippen LogP contribution is 2.35. The van der Waals surface area contributed by atoms with E-state index in [9.17, 15) is 13.2 Å². The van der Waals surface area contributed by atoms with E-state index in [4.69, 9.17) is 0 Å². The lowest BCUT2D eigenvalue weighted by atomic mass is 10.1. The molecule has 7 heteroatoms. The predicted molar refractivity (Wildman–Crippen MR) is 122 cm³/mol. The van der Waals surface area contributed by atoms with Crippen molar-refractivity contribution in [3.05, 3.63) is 53.6 Å². The minimum absolute atomic E-state index is 0.139. The first-order valence-corrected chi connectivity index (χ1v) is 12.5. The van der Waals surface area contributed by atoms with E-state index in [-0.39, 0.29) is 11.9 Å². The number of anilines is 3. The van der Waals surface area contributed by atoms with Gasteiger partial charge in [0.1, 0.15) is 0 Å². The Labute approximate surface area is 178 Å². The van der Waals surface area contributed by atoms with Crippen LogP contribution in [-0.4, -0.2) is 39.7 Å². The normalized spacial score (nSPS) is 19.3. The van der Waals surface area contributed by atoms with Gasteiger partial charge < -0.3 is 10.2 Å². The first-order valence-electron chi connectivity index (χ1n) is 10.6. The Kier molecular flexibility index (Phi) is 5.73. The zero-order chi connectivity index (χ0) is 21.3. The largest absolute Gasteiger partial charge is 0.372 e. The van der Waals surface area contributed by atoms with Gasteiger partial charge in [-0.05, 0) is 74.2 Å². The van der Waals surface area contributed by atoms with Crippen LogP contribution in [0, 0.1) is 0 Å². The summed E-state index contributed by atoms with van der Waals surface area (Å²) in [6.45, 7) is 4.06. The summed E-state index contributed by atoms with van der Waals surface area (Å²) in [7, 11) is -3.33. The molecule has 6 nitrogen and oxygen atoms in total. The average Bonchev–Trinajstić information content (AvgIpc) is 2.86. The summed E-state index contributed by atoms with van der Waals surface area (Å²) in [5.41, 5.74) is 4.04. The van der Waals surface area contributed by atoms with E-state index in [1.807, 2.05) is 19.1 Å². The van der Waals surface area contributed by atoms with Gasteiger partial charge in [0.15, 0.2) is 0 Å². The summed E-state index contributed by atoms with van der Waals surface area (Å²) in [5, 5.41) is 2.96. The number of hydrogen-bond donors (Lipinski definition) is 1. The van der Waals surface area contributed by atoms with Gasteiger partial charge in [-0.1, -0.05) is 12.8 Å². The van der Waals surface area contributed by atoms with E-state index >= 15 is 0 Å². The molecule has 0 unspecified atom stereocenters. The molecule has 30 heavy (non-hydrogen) atoms.